The molecule has 0 aromatic carbocycles. The van der Waals surface area contributed by atoms with Crippen LogP contribution in [-0.2, 0) is 9.53 Å². The Morgan fingerprint density at radius 3 is 2.77 bits per heavy atom. The van der Waals surface area contributed by atoms with E-state index < -0.39 is 23.1 Å². The number of aliphatic imine (C=N–C) groups is 1. The van der Waals surface area contributed by atoms with E-state index in [0.29, 0.717) is 18.8 Å². The van der Waals surface area contributed by atoms with E-state index in [1.54, 1.807) is 24.9 Å². The SMILES string of the molecule is CCOC(=O)C1C=NN(C(C)C2=NC(C3(C)CC(C(F)(F)F)=CCC3C)CS2)C1C. The summed E-state index contributed by atoms with van der Waals surface area (Å²) in [5.41, 5.74) is -0.971. The van der Waals surface area contributed by atoms with Gasteiger partial charge in [0.2, 0.25) is 0 Å². The molecular formula is C21H30F3N3O2S. The van der Waals surface area contributed by atoms with Crippen LogP contribution in [0.5, 0.6) is 0 Å². The number of hydrogen-bond acceptors (Lipinski definition) is 6. The highest BCUT2D eigenvalue weighted by Gasteiger charge is 2.49. The fraction of sp³-hybridized carbons (Fsp3) is 0.762. The van der Waals surface area contributed by atoms with E-state index in [4.69, 9.17) is 9.73 Å². The molecule has 168 valence electrons. The number of alkyl halides is 3. The minimum atomic E-state index is -4.28. The summed E-state index contributed by atoms with van der Waals surface area (Å²) in [5, 5.41) is 7.13. The average molecular weight is 446 g/mol. The van der Waals surface area contributed by atoms with Crippen molar-refractivity contribution in [3.05, 3.63) is 11.6 Å². The third-order valence-electron chi connectivity index (χ3n) is 6.82. The molecular weight excluding hydrogens is 415 g/mol. The van der Waals surface area contributed by atoms with E-state index in [1.807, 2.05) is 32.7 Å². The first-order valence-electron chi connectivity index (χ1n) is 10.4. The lowest BCUT2D eigenvalue weighted by Gasteiger charge is -2.42. The fourth-order valence-electron chi connectivity index (χ4n) is 4.47. The molecule has 1 aliphatic carbocycles. The Bertz CT molecular complexity index is 767. The average Bonchev–Trinajstić information content (AvgIpc) is 3.30. The van der Waals surface area contributed by atoms with Crippen molar-refractivity contribution in [1.29, 1.82) is 0 Å². The molecule has 0 bridgehead atoms. The largest absolute Gasteiger partial charge is 0.465 e. The molecule has 3 rings (SSSR count). The summed E-state index contributed by atoms with van der Waals surface area (Å²) in [6.07, 6.45) is -0.909. The molecule has 0 saturated heterocycles. The van der Waals surface area contributed by atoms with Gasteiger partial charge < -0.3 is 4.74 Å². The number of ether oxygens (including phenoxy) is 1. The van der Waals surface area contributed by atoms with Crippen LogP contribution < -0.4 is 0 Å². The van der Waals surface area contributed by atoms with Crippen LogP contribution in [0.3, 0.4) is 0 Å². The zero-order valence-electron chi connectivity index (χ0n) is 18.1. The second-order valence-corrected chi connectivity index (χ2v) is 9.72. The molecule has 0 spiro atoms. The Hall–Kier alpha value is -1.51. The number of thioether (sulfide) groups is 1. The van der Waals surface area contributed by atoms with Gasteiger partial charge in [0.25, 0.3) is 0 Å². The molecule has 5 nitrogen and oxygen atoms in total. The topological polar surface area (TPSA) is 54.3 Å². The summed E-state index contributed by atoms with van der Waals surface area (Å²) in [5.74, 6) is 0.0613. The third-order valence-corrected chi connectivity index (χ3v) is 8.05. The van der Waals surface area contributed by atoms with E-state index in [9.17, 15) is 18.0 Å². The molecule has 0 aromatic rings. The summed E-state index contributed by atoms with van der Waals surface area (Å²) >= 11 is 1.59. The van der Waals surface area contributed by atoms with Crippen molar-refractivity contribution in [3.63, 3.8) is 0 Å². The standard InChI is InChI=1S/C21H30F3N3O2S/c1-6-29-19(28)16-10-25-27(13(16)3)14(4)18-26-17(11-30-18)20(5)9-15(21(22,23)24)8-7-12(20)2/h8,10,12-14,16-17H,6-7,9,11H2,1-5H3. The zero-order chi connectivity index (χ0) is 22.3. The van der Waals surface area contributed by atoms with E-state index >= 15 is 0 Å². The molecule has 0 radical (unpaired) electrons. The molecule has 30 heavy (non-hydrogen) atoms. The van der Waals surface area contributed by atoms with Gasteiger partial charge in [0.1, 0.15) is 5.92 Å². The van der Waals surface area contributed by atoms with Crippen molar-refractivity contribution in [1.82, 2.24) is 5.01 Å². The summed E-state index contributed by atoms with van der Waals surface area (Å²) in [4.78, 5) is 17.0. The maximum absolute atomic E-state index is 13.3. The predicted molar refractivity (Wildman–Crippen MR) is 114 cm³/mol. The van der Waals surface area contributed by atoms with Crippen LogP contribution in [0.25, 0.3) is 0 Å². The number of nitrogens with zero attached hydrogens (tertiary/aromatic N) is 3. The predicted octanol–water partition coefficient (Wildman–Crippen LogP) is 4.68. The molecule has 9 heteroatoms. The molecule has 6 unspecified atom stereocenters. The van der Waals surface area contributed by atoms with Crippen LogP contribution >= 0.6 is 11.8 Å². The lowest BCUT2D eigenvalue weighted by molar-refractivity contribution is -0.146. The van der Waals surface area contributed by atoms with Crippen molar-refractivity contribution < 1.29 is 22.7 Å². The van der Waals surface area contributed by atoms with Gasteiger partial charge in [-0.15, -0.1) is 11.8 Å². The van der Waals surface area contributed by atoms with Gasteiger partial charge in [0, 0.05) is 17.5 Å². The minimum absolute atomic E-state index is 0.00272. The Labute approximate surface area is 180 Å². The number of esters is 1. The second kappa shape index (κ2) is 8.55. The quantitative estimate of drug-likeness (QED) is 0.455. The fourth-order valence-corrected chi connectivity index (χ4v) is 5.81. The van der Waals surface area contributed by atoms with Crippen molar-refractivity contribution in [3.8, 4) is 0 Å². The van der Waals surface area contributed by atoms with Crippen LogP contribution in [0.1, 0.15) is 47.5 Å². The second-order valence-electron chi connectivity index (χ2n) is 8.68. The molecule has 2 heterocycles. The molecule has 0 N–H and O–H groups in total. The molecule has 2 aliphatic heterocycles. The first-order valence-corrected chi connectivity index (χ1v) is 11.4. The third kappa shape index (κ3) is 4.27. The Morgan fingerprint density at radius 1 is 1.43 bits per heavy atom. The number of hydrogen-bond donors (Lipinski definition) is 0. The number of carbonyl (C=O) groups excluding carboxylic acids is 1. The summed E-state index contributed by atoms with van der Waals surface area (Å²) in [6.45, 7) is 9.94. The van der Waals surface area contributed by atoms with Crippen LogP contribution in [0.15, 0.2) is 21.7 Å². The highest BCUT2D eigenvalue weighted by atomic mass is 32.2. The van der Waals surface area contributed by atoms with Crippen LogP contribution in [-0.4, -0.2) is 58.9 Å². The van der Waals surface area contributed by atoms with E-state index in [-0.39, 0.29) is 36.4 Å². The number of halogens is 3. The lowest BCUT2D eigenvalue weighted by Crippen LogP contribution is -2.42. The normalized spacial score (nSPS) is 35.3. The van der Waals surface area contributed by atoms with Crippen molar-refractivity contribution in [2.75, 3.05) is 12.4 Å². The van der Waals surface area contributed by atoms with Crippen LogP contribution in [0, 0.1) is 17.3 Å². The Balaban J connectivity index is 1.73. The maximum atomic E-state index is 13.3. The smallest absolute Gasteiger partial charge is 0.412 e. The highest BCUT2D eigenvalue weighted by Crippen LogP contribution is 2.50. The molecule has 0 amide bonds. The monoisotopic (exact) mass is 445 g/mol. The molecule has 0 aromatic heterocycles. The number of hydrazone groups is 1. The van der Waals surface area contributed by atoms with Gasteiger partial charge in [-0.25, -0.2) is 0 Å². The van der Waals surface area contributed by atoms with Gasteiger partial charge >= 0.3 is 12.1 Å². The highest BCUT2D eigenvalue weighted by molar-refractivity contribution is 8.14. The van der Waals surface area contributed by atoms with Crippen molar-refractivity contribution >= 4 is 29.0 Å². The number of rotatable bonds is 5. The van der Waals surface area contributed by atoms with E-state index in [0.717, 1.165) is 5.04 Å². The van der Waals surface area contributed by atoms with Crippen molar-refractivity contribution in [2.45, 2.75) is 71.8 Å². The zero-order valence-corrected chi connectivity index (χ0v) is 18.9. The lowest BCUT2D eigenvalue weighted by atomic mass is 9.64. The number of carbonyl (C=O) groups is 1. The maximum Gasteiger partial charge on any atom is 0.412 e. The van der Waals surface area contributed by atoms with Gasteiger partial charge in [-0.2, -0.15) is 18.3 Å². The Kier molecular flexibility index (Phi) is 6.60. The first-order chi connectivity index (χ1) is 14.0. The Morgan fingerprint density at radius 2 is 2.13 bits per heavy atom. The molecule has 3 aliphatic rings. The van der Waals surface area contributed by atoms with Gasteiger partial charge in [-0.3, -0.25) is 14.8 Å². The van der Waals surface area contributed by atoms with E-state index in [2.05, 4.69) is 5.10 Å². The van der Waals surface area contributed by atoms with Crippen LogP contribution in [0.4, 0.5) is 13.2 Å². The summed E-state index contributed by atoms with van der Waals surface area (Å²) in [7, 11) is 0. The number of allylic oxidation sites excluding steroid dienone is 2. The van der Waals surface area contributed by atoms with Crippen LogP contribution in [0.2, 0.25) is 0 Å². The van der Waals surface area contributed by atoms with Gasteiger partial charge in [0.15, 0.2) is 0 Å². The minimum Gasteiger partial charge on any atom is -0.465 e. The summed E-state index contributed by atoms with van der Waals surface area (Å²) < 4.78 is 45.1. The first kappa shape index (κ1) is 23.2. The summed E-state index contributed by atoms with van der Waals surface area (Å²) in [6, 6.07) is -0.486. The molecule has 0 fully saturated rings. The van der Waals surface area contributed by atoms with Gasteiger partial charge in [0.05, 0.1) is 29.8 Å². The van der Waals surface area contributed by atoms with Gasteiger partial charge in [-0.1, -0.05) is 19.9 Å². The molecule has 6 atom stereocenters. The van der Waals surface area contributed by atoms with Crippen molar-refractivity contribution in [2.24, 2.45) is 27.3 Å². The van der Waals surface area contributed by atoms with E-state index in [1.165, 1.54) is 6.08 Å². The van der Waals surface area contributed by atoms with Gasteiger partial charge in [-0.05, 0) is 44.9 Å². The molecule has 0 saturated carbocycles.